The lowest BCUT2D eigenvalue weighted by atomic mass is 9.97. The van der Waals surface area contributed by atoms with Crippen LogP contribution in [0, 0.1) is 11.8 Å². The molecule has 0 aromatic heterocycles. The summed E-state index contributed by atoms with van der Waals surface area (Å²) in [5, 5.41) is 7.54. The Hall–Kier alpha value is -2.89. The van der Waals surface area contributed by atoms with Crippen molar-refractivity contribution in [3.8, 4) is 0 Å². The lowest BCUT2D eigenvalue weighted by Gasteiger charge is -2.16. The number of carbonyl (C=O) groups is 3. The van der Waals surface area contributed by atoms with E-state index in [0.29, 0.717) is 12.8 Å². The number of hydrogen-bond acceptors (Lipinski definition) is 4. The predicted octanol–water partition coefficient (Wildman–Crippen LogP) is 2.45. The van der Waals surface area contributed by atoms with Gasteiger partial charge in [0.1, 0.15) is 0 Å². The van der Waals surface area contributed by atoms with Gasteiger partial charge in [0.05, 0.1) is 19.6 Å². The van der Waals surface area contributed by atoms with Crippen LogP contribution in [0.1, 0.15) is 25.8 Å². The number of methoxy groups -OCH3 is 1. The maximum absolute atomic E-state index is 12.1. The molecular formula is C22H28N2O4. The average molecular weight is 384 g/mol. The molecule has 0 spiro atoms. The zero-order valence-electron chi connectivity index (χ0n) is 16.7. The van der Waals surface area contributed by atoms with E-state index in [4.69, 9.17) is 4.74 Å². The van der Waals surface area contributed by atoms with E-state index >= 15 is 0 Å². The van der Waals surface area contributed by atoms with Gasteiger partial charge in [0.2, 0.25) is 11.8 Å². The van der Waals surface area contributed by atoms with Crippen LogP contribution in [0.25, 0.3) is 10.8 Å². The third kappa shape index (κ3) is 6.08. The van der Waals surface area contributed by atoms with Gasteiger partial charge in [-0.3, -0.25) is 14.4 Å². The topological polar surface area (TPSA) is 84.5 Å². The van der Waals surface area contributed by atoms with E-state index in [2.05, 4.69) is 10.6 Å². The summed E-state index contributed by atoms with van der Waals surface area (Å²) in [6, 6.07) is 14.0. The maximum atomic E-state index is 12.1. The van der Waals surface area contributed by atoms with Gasteiger partial charge in [-0.25, -0.2) is 0 Å². The normalized spacial score (nSPS) is 12.8. The fourth-order valence-electron chi connectivity index (χ4n) is 2.88. The maximum Gasteiger partial charge on any atom is 0.310 e. The van der Waals surface area contributed by atoms with E-state index in [1.54, 1.807) is 0 Å². The van der Waals surface area contributed by atoms with Gasteiger partial charge in [0.15, 0.2) is 0 Å². The molecule has 2 unspecified atom stereocenters. The molecule has 28 heavy (non-hydrogen) atoms. The Balaban J connectivity index is 1.94. The molecule has 0 saturated heterocycles. The van der Waals surface area contributed by atoms with Crippen LogP contribution in [0.3, 0.4) is 0 Å². The zero-order chi connectivity index (χ0) is 20.5. The monoisotopic (exact) mass is 384 g/mol. The smallest absolute Gasteiger partial charge is 0.310 e. The number of ether oxygens (including phenoxy) is 1. The van der Waals surface area contributed by atoms with Crippen molar-refractivity contribution in [3.63, 3.8) is 0 Å². The molecule has 0 radical (unpaired) electrons. The Kier molecular flexibility index (Phi) is 7.99. The molecule has 0 aliphatic heterocycles. The molecule has 0 fully saturated rings. The number of carbonyl (C=O) groups excluding carboxylic acids is 3. The van der Waals surface area contributed by atoms with Crippen LogP contribution < -0.4 is 10.6 Å². The van der Waals surface area contributed by atoms with Crippen LogP contribution in [0.15, 0.2) is 42.5 Å². The summed E-state index contributed by atoms with van der Waals surface area (Å²) in [6.45, 7) is 3.77. The highest BCUT2D eigenvalue weighted by Crippen LogP contribution is 2.18. The molecule has 2 aromatic carbocycles. The fraction of sp³-hybridized carbons (Fsp3) is 0.409. The highest BCUT2D eigenvalue weighted by atomic mass is 16.5. The summed E-state index contributed by atoms with van der Waals surface area (Å²) in [4.78, 5) is 35.9. The van der Waals surface area contributed by atoms with Crippen LogP contribution in [0.2, 0.25) is 0 Å². The van der Waals surface area contributed by atoms with Crippen LogP contribution in [0.4, 0.5) is 0 Å². The van der Waals surface area contributed by atoms with Gasteiger partial charge in [-0.2, -0.15) is 0 Å². The standard InChI is InChI=1S/C22H28N2O4/c1-4-15(2)21(26)24-14-20(25)23-13-19(22(27)28-3)12-16-9-10-17-7-5-6-8-18(17)11-16/h5-11,15,19H,4,12-14H2,1-3H3,(H,23,25)(H,24,26). The minimum Gasteiger partial charge on any atom is -0.469 e. The SMILES string of the molecule is CCC(C)C(=O)NCC(=O)NCC(Cc1ccc2ccccc2c1)C(=O)OC. The van der Waals surface area contributed by atoms with Crippen molar-refractivity contribution < 1.29 is 19.1 Å². The molecule has 2 amide bonds. The van der Waals surface area contributed by atoms with Gasteiger partial charge >= 0.3 is 5.97 Å². The molecule has 150 valence electrons. The zero-order valence-corrected chi connectivity index (χ0v) is 16.7. The Morgan fingerprint density at radius 1 is 1.04 bits per heavy atom. The van der Waals surface area contributed by atoms with Crippen molar-refractivity contribution in [2.45, 2.75) is 26.7 Å². The molecule has 6 heteroatoms. The van der Waals surface area contributed by atoms with Crippen LogP contribution in [0.5, 0.6) is 0 Å². The first-order valence-corrected chi connectivity index (χ1v) is 9.54. The molecule has 2 atom stereocenters. The number of benzene rings is 2. The lowest BCUT2D eigenvalue weighted by Crippen LogP contribution is -2.42. The Labute approximate surface area is 165 Å². The van der Waals surface area contributed by atoms with E-state index in [1.165, 1.54) is 7.11 Å². The molecule has 0 heterocycles. The van der Waals surface area contributed by atoms with Crippen LogP contribution in [-0.4, -0.2) is 38.0 Å². The molecule has 0 saturated carbocycles. The van der Waals surface area contributed by atoms with Gasteiger partial charge in [-0.05, 0) is 29.2 Å². The first-order chi connectivity index (χ1) is 13.4. The van der Waals surface area contributed by atoms with E-state index in [1.807, 2.05) is 56.3 Å². The number of esters is 1. The number of fused-ring (bicyclic) bond motifs is 1. The third-order valence-corrected chi connectivity index (χ3v) is 4.86. The molecular weight excluding hydrogens is 356 g/mol. The van der Waals surface area contributed by atoms with Gasteiger partial charge < -0.3 is 15.4 Å². The second-order valence-electron chi connectivity index (χ2n) is 6.94. The van der Waals surface area contributed by atoms with E-state index in [-0.39, 0.29) is 36.8 Å². The number of amides is 2. The van der Waals surface area contributed by atoms with Crippen molar-refractivity contribution in [2.24, 2.45) is 11.8 Å². The summed E-state index contributed by atoms with van der Waals surface area (Å²) in [5.41, 5.74) is 0.994. The molecule has 0 aliphatic rings. The summed E-state index contributed by atoms with van der Waals surface area (Å²) in [7, 11) is 1.34. The summed E-state index contributed by atoms with van der Waals surface area (Å²) < 4.78 is 4.89. The molecule has 0 bridgehead atoms. The van der Waals surface area contributed by atoms with Crippen molar-refractivity contribution in [1.82, 2.24) is 10.6 Å². The number of nitrogens with one attached hydrogen (secondary N) is 2. The summed E-state index contributed by atoms with van der Waals surface area (Å²) >= 11 is 0. The van der Waals surface area contributed by atoms with Gasteiger partial charge in [-0.15, -0.1) is 0 Å². The van der Waals surface area contributed by atoms with Crippen molar-refractivity contribution in [1.29, 1.82) is 0 Å². The Morgan fingerprint density at radius 2 is 1.75 bits per heavy atom. The predicted molar refractivity (Wildman–Crippen MR) is 109 cm³/mol. The van der Waals surface area contributed by atoms with Crippen molar-refractivity contribution in [3.05, 3.63) is 48.0 Å². The lowest BCUT2D eigenvalue weighted by molar-refractivity contribution is -0.145. The summed E-state index contributed by atoms with van der Waals surface area (Å²) in [6.07, 6.45) is 1.17. The largest absolute Gasteiger partial charge is 0.469 e. The fourth-order valence-corrected chi connectivity index (χ4v) is 2.88. The molecule has 2 N–H and O–H groups in total. The first-order valence-electron chi connectivity index (χ1n) is 9.54. The van der Waals surface area contributed by atoms with Crippen LogP contribution in [-0.2, 0) is 25.5 Å². The van der Waals surface area contributed by atoms with E-state index in [0.717, 1.165) is 16.3 Å². The van der Waals surface area contributed by atoms with Gasteiger partial charge in [-0.1, -0.05) is 56.3 Å². The minimum absolute atomic E-state index is 0.104. The first kappa shape index (κ1) is 21.4. The molecule has 6 nitrogen and oxygen atoms in total. The second-order valence-corrected chi connectivity index (χ2v) is 6.94. The molecule has 2 rings (SSSR count). The third-order valence-electron chi connectivity index (χ3n) is 4.86. The second kappa shape index (κ2) is 10.4. The molecule has 0 aliphatic carbocycles. The number of rotatable bonds is 9. The van der Waals surface area contributed by atoms with Crippen molar-refractivity contribution in [2.75, 3.05) is 20.2 Å². The van der Waals surface area contributed by atoms with Gasteiger partial charge in [0.25, 0.3) is 0 Å². The van der Waals surface area contributed by atoms with Crippen molar-refractivity contribution >= 4 is 28.6 Å². The highest BCUT2D eigenvalue weighted by Gasteiger charge is 2.21. The van der Waals surface area contributed by atoms with E-state index in [9.17, 15) is 14.4 Å². The number of hydrogen-bond donors (Lipinski definition) is 2. The van der Waals surface area contributed by atoms with E-state index < -0.39 is 5.92 Å². The molecule has 2 aromatic rings. The highest BCUT2D eigenvalue weighted by molar-refractivity contribution is 5.86. The van der Waals surface area contributed by atoms with Gasteiger partial charge in [0, 0.05) is 12.5 Å². The quantitative estimate of drug-likeness (QED) is 0.651. The Morgan fingerprint density at radius 3 is 2.43 bits per heavy atom. The summed E-state index contributed by atoms with van der Waals surface area (Å²) in [5.74, 6) is -1.50. The minimum atomic E-state index is -0.500. The average Bonchev–Trinajstić information content (AvgIpc) is 2.73. The Bertz CT molecular complexity index is 834. The van der Waals surface area contributed by atoms with Crippen LogP contribution >= 0.6 is 0 Å².